The van der Waals surface area contributed by atoms with Crippen molar-refractivity contribution >= 4 is 23.6 Å². The maximum absolute atomic E-state index is 12.4. The largest absolute Gasteiger partial charge is 0.507 e. The van der Waals surface area contributed by atoms with Crippen LogP contribution < -0.4 is 0 Å². The summed E-state index contributed by atoms with van der Waals surface area (Å²) in [6.45, 7) is 4.43. The number of methoxy groups -OCH3 is 1. The molecule has 0 saturated carbocycles. The van der Waals surface area contributed by atoms with E-state index in [2.05, 4.69) is 6.92 Å². The Bertz CT molecular complexity index is 675. The number of phenolic OH excluding ortho intramolecular Hbond substituents is 1. The van der Waals surface area contributed by atoms with E-state index in [4.69, 9.17) is 16.3 Å². The standard InChI is InChI=1S/C26H42ClNO3/c1-5-6-7-10-16-24(31-4)17-11-8-9-12-18-25(29)28(3)20-23(27)19-22-15-13-14-21(2)26(22)30/h13-15,19,24,30H,5-12,16-18,20H2,1-4H3/b23-19-. The number of carbonyl (C=O) groups excluding carboxylic acids is 1. The topological polar surface area (TPSA) is 49.8 Å². The van der Waals surface area contributed by atoms with E-state index < -0.39 is 0 Å². The van der Waals surface area contributed by atoms with Crippen molar-refractivity contribution in [2.75, 3.05) is 20.7 Å². The second-order valence-electron chi connectivity index (χ2n) is 8.51. The number of rotatable bonds is 16. The van der Waals surface area contributed by atoms with Crippen molar-refractivity contribution < 1.29 is 14.6 Å². The van der Waals surface area contributed by atoms with Crippen LogP contribution in [0.2, 0.25) is 0 Å². The van der Waals surface area contributed by atoms with E-state index in [9.17, 15) is 9.90 Å². The normalized spacial score (nSPS) is 12.7. The molecule has 4 nitrogen and oxygen atoms in total. The highest BCUT2D eigenvalue weighted by atomic mass is 35.5. The predicted octanol–water partition coefficient (Wildman–Crippen LogP) is 7.06. The number of ether oxygens (including phenoxy) is 1. The molecule has 0 saturated heterocycles. The number of likely N-dealkylation sites (N-methyl/N-ethyl adjacent to an activating group) is 1. The van der Waals surface area contributed by atoms with Crippen LogP contribution in [0.4, 0.5) is 0 Å². The lowest BCUT2D eigenvalue weighted by Gasteiger charge is -2.17. The molecule has 1 atom stereocenters. The zero-order valence-corrected chi connectivity index (χ0v) is 20.7. The summed E-state index contributed by atoms with van der Waals surface area (Å²) in [7, 11) is 3.59. The molecule has 0 heterocycles. The summed E-state index contributed by atoms with van der Waals surface area (Å²) in [5, 5.41) is 10.6. The van der Waals surface area contributed by atoms with Gasteiger partial charge < -0.3 is 14.7 Å². The van der Waals surface area contributed by atoms with Crippen molar-refractivity contribution in [1.29, 1.82) is 0 Å². The molecule has 0 radical (unpaired) electrons. The summed E-state index contributed by atoms with van der Waals surface area (Å²) < 4.78 is 5.61. The molecule has 1 aromatic carbocycles. The average Bonchev–Trinajstić information content (AvgIpc) is 2.75. The van der Waals surface area contributed by atoms with Crippen LogP contribution in [-0.2, 0) is 9.53 Å². The third kappa shape index (κ3) is 11.6. The minimum absolute atomic E-state index is 0.103. The molecule has 0 aromatic heterocycles. The first-order chi connectivity index (χ1) is 14.9. The molecule has 0 aliphatic rings. The second kappa shape index (κ2) is 16.2. The van der Waals surface area contributed by atoms with E-state index in [-0.39, 0.29) is 11.7 Å². The van der Waals surface area contributed by atoms with E-state index >= 15 is 0 Å². The van der Waals surface area contributed by atoms with Gasteiger partial charge in [0.25, 0.3) is 0 Å². The van der Waals surface area contributed by atoms with Crippen LogP contribution in [-0.4, -0.2) is 42.7 Å². The number of hydrogen-bond acceptors (Lipinski definition) is 3. The smallest absolute Gasteiger partial charge is 0.222 e. The highest BCUT2D eigenvalue weighted by Gasteiger charge is 2.11. The number of carbonyl (C=O) groups is 1. The van der Waals surface area contributed by atoms with E-state index in [0.717, 1.165) is 44.1 Å². The molecule has 1 unspecified atom stereocenters. The summed E-state index contributed by atoms with van der Waals surface area (Å²) in [6.07, 6.45) is 14.3. The number of halogens is 1. The van der Waals surface area contributed by atoms with Gasteiger partial charge in [-0.3, -0.25) is 4.79 Å². The lowest BCUT2D eigenvalue weighted by Crippen LogP contribution is -2.27. The fraction of sp³-hybridized carbons (Fsp3) is 0.654. The van der Waals surface area contributed by atoms with E-state index in [1.807, 2.05) is 32.2 Å². The van der Waals surface area contributed by atoms with Gasteiger partial charge in [-0.15, -0.1) is 0 Å². The van der Waals surface area contributed by atoms with Crippen LogP contribution in [0.15, 0.2) is 23.2 Å². The Morgan fingerprint density at radius 1 is 1.13 bits per heavy atom. The van der Waals surface area contributed by atoms with Gasteiger partial charge >= 0.3 is 0 Å². The van der Waals surface area contributed by atoms with Crippen LogP contribution in [0, 0.1) is 6.92 Å². The number of aromatic hydroxyl groups is 1. The minimum Gasteiger partial charge on any atom is -0.507 e. The number of aryl methyl sites for hydroxylation is 1. The molecule has 1 rings (SSSR count). The highest BCUT2D eigenvalue weighted by molar-refractivity contribution is 6.32. The predicted molar refractivity (Wildman–Crippen MR) is 132 cm³/mol. The molecule has 0 bridgehead atoms. The van der Waals surface area contributed by atoms with Gasteiger partial charge in [0.2, 0.25) is 5.91 Å². The number of nitrogens with zero attached hydrogens (tertiary/aromatic N) is 1. The second-order valence-corrected chi connectivity index (χ2v) is 9.00. The molecule has 176 valence electrons. The molecule has 0 aliphatic carbocycles. The van der Waals surface area contributed by atoms with Crippen molar-refractivity contribution in [3.05, 3.63) is 34.4 Å². The Morgan fingerprint density at radius 3 is 2.42 bits per heavy atom. The third-order valence-electron chi connectivity index (χ3n) is 5.77. The fourth-order valence-electron chi connectivity index (χ4n) is 3.70. The summed E-state index contributed by atoms with van der Waals surface area (Å²) in [4.78, 5) is 14.0. The van der Waals surface area contributed by atoms with Gasteiger partial charge in [-0.2, -0.15) is 0 Å². The van der Waals surface area contributed by atoms with Gasteiger partial charge in [-0.05, 0) is 37.8 Å². The van der Waals surface area contributed by atoms with Crippen molar-refractivity contribution in [1.82, 2.24) is 4.90 Å². The maximum atomic E-state index is 12.4. The number of phenols is 1. The number of amides is 1. The summed E-state index contributed by atoms with van der Waals surface area (Å²) in [5.74, 6) is 0.331. The molecular weight excluding hydrogens is 410 g/mol. The van der Waals surface area contributed by atoms with Gasteiger partial charge in [0.1, 0.15) is 5.75 Å². The van der Waals surface area contributed by atoms with Crippen molar-refractivity contribution in [2.24, 2.45) is 0 Å². The Kier molecular flexibility index (Phi) is 14.3. The first-order valence-corrected chi connectivity index (χ1v) is 12.2. The first-order valence-electron chi connectivity index (χ1n) is 11.8. The Labute approximate surface area is 194 Å². The zero-order chi connectivity index (χ0) is 23.1. The quantitative estimate of drug-likeness (QED) is 0.273. The van der Waals surface area contributed by atoms with Crippen LogP contribution in [0.25, 0.3) is 6.08 Å². The van der Waals surface area contributed by atoms with Gasteiger partial charge in [-0.25, -0.2) is 0 Å². The Balaban J connectivity index is 2.24. The Hall–Kier alpha value is -1.52. The Morgan fingerprint density at radius 2 is 1.77 bits per heavy atom. The van der Waals surface area contributed by atoms with Crippen molar-refractivity contribution in [2.45, 2.75) is 90.6 Å². The number of unbranched alkanes of at least 4 members (excludes halogenated alkanes) is 6. The van der Waals surface area contributed by atoms with Crippen LogP contribution >= 0.6 is 11.6 Å². The molecule has 0 spiro atoms. The third-order valence-corrected chi connectivity index (χ3v) is 6.00. The number of benzene rings is 1. The van der Waals surface area contributed by atoms with Gasteiger partial charge in [0, 0.05) is 31.2 Å². The molecular formula is C26H42ClNO3. The van der Waals surface area contributed by atoms with E-state index in [0.29, 0.717) is 29.7 Å². The molecule has 31 heavy (non-hydrogen) atoms. The molecule has 5 heteroatoms. The minimum atomic E-state index is 0.103. The summed E-state index contributed by atoms with van der Waals surface area (Å²) >= 11 is 6.32. The summed E-state index contributed by atoms with van der Waals surface area (Å²) in [6, 6.07) is 5.53. The summed E-state index contributed by atoms with van der Waals surface area (Å²) in [5.41, 5.74) is 1.47. The highest BCUT2D eigenvalue weighted by Crippen LogP contribution is 2.25. The van der Waals surface area contributed by atoms with Crippen LogP contribution in [0.1, 0.15) is 88.7 Å². The van der Waals surface area contributed by atoms with Gasteiger partial charge in [-0.1, -0.05) is 81.7 Å². The molecule has 0 aliphatic heterocycles. The molecule has 1 amide bonds. The molecule has 0 fully saturated rings. The average molecular weight is 452 g/mol. The monoisotopic (exact) mass is 451 g/mol. The molecule has 1 N–H and O–H groups in total. The maximum Gasteiger partial charge on any atom is 0.222 e. The fourth-order valence-corrected chi connectivity index (χ4v) is 4.00. The van der Waals surface area contributed by atoms with E-state index in [1.54, 1.807) is 18.0 Å². The van der Waals surface area contributed by atoms with Gasteiger partial charge in [0.15, 0.2) is 0 Å². The lowest BCUT2D eigenvalue weighted by atomic mass is 10.0. The van der Waals surface area contributed by atoms with Crippen molar-refractivity contribution in [3.8, 4) is 5.75 Å². The van der Waals surface area contributed by atoms with Gasteiger partial charge in [0.05, 0.1) is 12.6 Å². The first kappa shape index (κ1) is 27.5. The van der Waals surface area contributed by atoms with Crippen LogP contribution in [0.5, 0.6) is 5.75 Å². The number of para-hydroxylation sites is 1. The zero-order valence-electron chi connectivity index (χ0n) is 20.0. The SMILES string of the molecule is CCCCCCC(CCCCCCC(=O)N(C)C/C(Cl)=C/c1cccc(C)c1O)OC. The van der Waals surface area contributed by atoms with Crippen molar-refractivity contribution in [3.63, 3.8) is 0 Å². The number of hydrogen-bond donors (Lipinski definition) is 1. The van der Waals surface area contributed by atoms with E-state index in [1.165, 1.54) is 25.7 Å². The molecule has 1 aromatic rings. The lowest BCUT2D eigenvalue weighted by molar-refractivity contribution is -0.129. The van der Waals surface area contributed by atoms with Crippen LogP contribution in [0.3, 0.4) is 0 Å².